The summed E-state index contributed by atoms with van der Waals surface area (Å²) in [6.07, 6.45) is 10.1. The van der Waals surface area contributed by atoms with E-state index in [1.807, 2.05) is 86.0 Å². The number of carbonyl (C=O) groups excluding carboxylic acids is 2. The third kappa shape index (κ3) is 8.32. The zero-order valence-corrected chi connectivity index (χ0v) is 32.2. The highest BCUT2D eigenvalue weighted by molar-refractivity contribution is 5.84. The Bertz CT molecular complexity index is 2020. The van der Waals surface area contributed by atoms with Crippen LogP contribution < -0.4 is 5.73 Å². The normalized spacial score (nSPS) is 18.6. The van der Waals surface area contributed by atoms with Crippen LogP contribution in [0.2, 0.25) is 0 Å². The van der Waals surface area contributed by atoms with Crippen molar-refractivity contribution in [3.8, 4) is 33.9 Å². The quantitative estimate of drug-likeness (QED) is 0.110. The summed E-state index contributed by atoms with van der Waals surface area (Å²) in [5.74, 6) is 2.59. The van der Waals surface area contributed by atoms with Gasteiger partial charge in [-0.25, -0.2) is 24.7 Å². The van der Waals surface area contributed by atoms with Crippen LogP contribution in [0.1, 0.15) is 88.7 Å². The number of nitrogens with zero attached hydrogens (tertiary/aromatic N) is 7. The van der Waals surface area contributed by atoms with Gasteiger partial charge < -0.3 is 25.3 Å². The largest absolute Gasteiger partial charge is 0.445 e. The molecule has 0 bridgehead atoms. The minimum atomic E-state index is -0.744. The Morgan fingerprint density at radius 2 is 1.40 bits per heavy atom. The van der Waals surface area contributed by atoms with E-state index in [9.17, 15) is 9.59 Å². The van der Waals surface area contributed by atoms with Gasteiger partial charge in [0.05, 0.1) is 35.9 Å². The van der Waals surface area contributed by atoms with Crippen molar-refractivity contribution in [2.45, 2.75) is 77.6 Å². The summed E-state index contributed by atoms with van der Waals surface area (Å²) in [5.41, 5.74) is 10.8. The van der Waals surface area contributed by atoms with Crippen LogP contribution in [0.25, 0.3) is 33.9 Å². The highest BCUT2D eigenvalue weighted by Gasteiger charge is 2.38. The molecule has 0 saturated carbocycles. The van der Waals surface area contributed by atoms with E-state index in [0.29, 0.717) is 18.9 Å². The van der Waals surface area contributed by atoms with E-state index in [1.165, 1.54) is 0 Å². The number of nitrogens with two attached hydrogens (primary N) is 1. The summed E-state index contributed by atoms with van der Waals surface area (Å²) < 4.78 is 5.40. The van der Waals surface area contributed by atoms with Crippen LogP contribution in [-0.2, 0) is 9.53 Å². The van der Waals surface area contributed by atoms with Crippen LogP contribution >= 0.6 is 0 Å². The summed E-state index contributed by atoms with van der Waals surface area (Å²) in [6, 6.07) is 17.9. The smallest absolute Gasteiger partial charge is 0.404 e. The number of likely N-dealkylation sites (N-methyl/N-ethyl adjacent to an activating group) is 1. The Morgan fingerprint density at radius 3 is 2.04 bits per heavy atom. The molecule has 2 aliphatic rings. The van der Waals surface area contributed by atoms with Crippen molar-refractivity contribution in [1.82, 2.24) is 44.6 Å². The Kier molecular flexibility index (Phi) is 11.7. The molecule has 2 fully saturated rings. The number of likely N-dealkylation sites (tertiary alicyclic amines) is 2. The van der Waals surface area contributed by atoms with Crippen LogP contribution in [-0.4, -0.2) is 95.4 Å². The lowest BCUT2D eigenvalue weighted by molar-refractivity contribution is -0.138. The monoisotopic (exact) mass is 744 g/mol. The Morgan fingerprint density at radius 1 is 0.800 bits per heavy atom. The minimum Gasteiger partial charge on any atom is -0.445 e. The number of imidazole rings is 2. The Balaban J connectivity index is 1.01. The second-order valence-electron chi connectivity index (χ2n) is 14.8. The number of ether oxygens (including phenoxy) is 1. The molecule has 2 amide bonds. The van der Waals surface area contributed by atoms with Crippen molar-refractivity contribution in [3.63, 3.8) is 0 Å². The van der Waals surface area contributed by atoms with Crippen molar-refractivity contribution in [2.24, 2.45) is 11.7 Å². The molecule has 0 radical (unpaired) electrons. The first-order chi connectivity index (χ1) is 26.7. The number of benzene rings is 2. The predicted molar refractivity (Wildman–Crippen MR) is 211 cm³/mol. The maximum absolute atomic E-state index is 14.2. The van der Waals surface area contributed by atoms with Gasteiger partial charge in [-0.2, -0.15) is 0 Å². The summed E-state index contributed by atoms with van der Waals surface area (Å²) in [7, 11) is 0. The molecule has 288 valence electrons. The second-order valence-corrected chi connectivity index (χ2v) is 14.8. The van der Waals surface area contributed by atoms with E-state index in [4.69, 9.17) is 20.4 Å². The Hall–Kier alpha value is -5.40. The number of nitrogens with one attached hydrogen (secondary N) is 2. The van der Waals surface area contributed by atoms with Crippen molar-refractivity contribution in [1.29, 1.82) is 0 Å². The van der Waals surface area contributed by atoms with E-state index in [-0.39, 0.29) is 36.1 Å². The molecule has 13 heteroatoms. The van der Waals surface area contributed by atoms with Crippen LogP contribution in [0, 0.1) is 5.92 Å². The molecule has 3 aromatic heterocycles. The van der Waals surface area contributed by atoms with Gasteiger partial charge >= 0.3 is 6.09 Å². The van der Waals surface area contributed by atoms with Gasteiger partial charge in [0.2, 0.25) is 5.91 Å². The second kappa shape index (κ2) is 17.0. The Labute approximate surface area is 322 Å². The van der Waals surface area contributed by atoms with Crippen LogP contribution in [0.15, 0.2) is 79.4 Å². The molecule has 0 aliphatic carbocycles. The molecule has 0 spiro atoms. The maximum atomic E-state index is 14.2. The SMILES string of the molecule is CCN(CC)[C@@H](C(=O)N1CCC[C@H]1c1ncc(-c2ccc(-c3ncc(-c4cnc([C@@H]5CCCN5C[C@@H](OC(N)=O)C(C)C)[nH]4)cn3)cc2)[nH]1)c1ccccc1. The van der Waals surface area contributed by atoms with Crippen LogP contribution in [0.5, 0.6) is 0 Å². The lowest BCUT2D eigenvalue weighted by atomic mass is 10.0. The van der Waals surface area contributed by atoms with Gasteiger partial charge in [-0.05, 0) is 62.4 Å². The van der Waals surface area contributed by atoms with Gasteiger partial charge in [0.25, 0.3) is 0 Å². The fourth-order valence-corrected chi connectivity index (χ4v) is 8.04. The van der Waals surface area contributed by atoms with Gasteiger partial charge in [-0.1, -0.05) is 82.3 Å². The molecule has 5 aromatic rings. The van der Waals surface area contributed by atoms with E-state index >= 15 is 0 Å². The number of amides is 2. The molecule has 2 aromatic carbocycles. The highest BCUT2D eigenvalue weighted by Crippen LogP contribution is 2.36. The molecule has 2 saturated heterocycles. The van der Waals surface area contributed by atoms with Crippen LogP contribution in [0.4, 0.5) is 4.79 Å². The first-order valence-electron chi connectivity index (χ1n) is 19.6. The third-order valence-electron chi connectivity index (χ3n) is 11.1. The zero-order chi connectivity index (χ0) is 38.5. The fourth-order valence-electron chi connectivity index (χ4n) is 8.04. The number of carbonyl (C=O) groups is 2. The number of aromatic amines is 2. The maximum Gasteiger partial charge on any atom is 0.404 e. The summed E-state index contributed by atoms with van der Waals surface area (Å²) in [4.78, 5) is 58.1. The van der Waals surface area contributed by atoms with Crippen molar-refractivity contribution < 1.29 is 14.3 Å². The number of primary amides is 1. The van der Waals surface area contributed by atoms with Crippen molar-refractivity contribution in [3.05, 3.63) is 96.6 Å². The van der Waals surface area contributed by atoms with Crippen molar-refractivity contribution in [2.75, 3.05) is 32.7 Å². The zero-order valence-electron chi connectivity index (χ0n) is 32.2. The first kappa shape index (κ1) is 37.9. The molecule has 13 nitrogen and oxygen atoms in total. The topological polar surface area (TPSA) is 162 Å². The summed E-state index contributed by atoms with van der Waals surface area (Å²) in [6.45, 7) is 12.1. The lowest BCUT2D eigenvalue weighted by Crippen LogP contribution is -2.43. The molecule has 4 atom stereocenters. The molecular weight excluding hydrogens is 693 g/mol. The average Bonchev–Trinajstić information content (AvgIpc) is 4.04. The molecule has 4 N–H and O–H groups in total. The third-order valence-corrected chi connectivity index (χ3v) is 11.1. The number of rotatable bonds is 14. The number of hydrogen-bond acceptors (Lipinski definition) is 9. The number of H-pyrrole nitrogens is 2. The van der Waals surface area contributed by atoms with Gasteiger partial charge in [0, 0.05) is 36.6 Å². The molecule has 0 unspecified atom stereocenters. The highest BCUT2D eigenvalue weighted by atomic mass is 16.6. The van der Waals surface area contributed by atoms with Gasteiger partial charge in [0.1, 0.15) is 23.8 Å². The molecule has 55 heavy (non-hydrogen) atoms. The van der Waals surface area contributed by atoms with E-state index < -0.39 is 6.09 Å². The van der Waals surface area contributed by atoms with Crippen LogP contribution in [0.3, 0.4) is 0 Å². The van der Waals surface area contributed by atoms with E-state index in [0.717, 1.165) is 90.6 Å². The molecule has 5 heterocycles. The number of hydrogen-bond donors (Lipinski definition) is 3. The summed E-state index contributed by atoms with van der Waals surface area (Å²) in [5, 5.41) is 0. The predicted octanol–water partition coefficient (Wildman–Crippen LogP) is 6.93. The van der Waals surface area contributed by atoms with Gasteiger partial charge in [-0.3, -0.25) is 14.6 Å². The molecule has 7 rings (SSSR count). The fraction of sp³-hybridized carbons (Fsp3) is 0.429. The lowest BCUT2D eigenvalue weighted by Gasteiger charge is -2.34. The molecule has 2 aliphatic heterocycles. The van der Waals surface area contributed by atoms with Crippen molar-refractivity contribution >= 4 is 12.0 Å². The van der Waals surface area contributed by atoms with E-state index in [2.05, 4.69) is 55.7 Å². The number of aromatic nitrogens is 6. The first-order valence-corrected chi connectivity index (χ1v) is 19.6. The average molecular weight is 745 g/mol. The molecular formula is C42H52N10O3. The standard InChI is InChI=1S/C42H52N10O3/c1-5-50(6-2)37(29-12-8-7-9-13-29)41(53)52-21-11-15-35(52)40-47-24-32(48-40)28-16-18-30(19-17-28)38-44-22-31(23-45-38)33-25-46-39(49-33)34-14-10-20-51(34)26-36(27(3)4)55-42(43)54/h7-9,12-13,16-19,22-25,27,34-37H,5-6,10-11,14-15,20-21,26H2,1-4H3,(H2,43,54)(H,46,49)(H,47,48)/t34-,35-,36+,37+/m0/s1. The summed E-state index contributed by atoms with van der Waals surface area (Å²) >= 11 is 0. The minimum absolute atomic E-state index is 0.0975. The van der Waals surface area contributed by atoms with Gasteiger partial charge in [0.15, 0.2) is 5.82 Å². The van der Waals surface area contributed by atoms with E-state index in [1.54, 1.807) is 0 Å². The van der Waals surface area contributed by atoms with Gasteiger partial charge in [-0.15, -0.1) is 0 Å².